The van der Waals surface area contributed by atoms with Gasteiger partial charge in [0.15, 0.2) is 11.5 Å². The molecule has 3 N–H and O–H groups in total. The van der Waals surface area contributed by atoms with Crippen LogP contribution in [0.1, 0.15) is 38.4 Å². The molecule has 2 heterocycles. The highest BCUT2D eigenvalue weighted by Crippen LogP contribution is 2.36. The Balaban J connectivity index is 1.86. The molecule has 162 valence electrons. The zero-order chi connectivity index (χ0) is 22.0. The molecule has 1 atom stereocenters. The van der Waals surface area contributed by atoms with Crippen LogP contribution in [0.4, 0.5) is 5.69 Å². The lowest BCUT2D eigenvalue weighted by Crippen LogP contribution is -2.55. The molecule has 2 aromatic carbocycles. The second-order valence-electron chi connectivity index (χ2n) is 7.15. The van der Waals surface area contributed by atoms with E-state index in [1.54, 1.807) is 16.8 Å². The van der Waals surface area contributed by atoms with Crippen LogP contribution in [0.3, 0.4) is 0 Å². The van der Waals surface area contributed by atoms with Gasteiger partial charge in [-0.05, 0) is 54.4 Å². The first-order valence-corrected chi connectivity index (χ1v) is 12.0. The van der Waals surface area contributed by atoms with Crippen LogP contribution in [0, 0.1) is 0 Å². The molecule has 9 heteroatoms. The SMILES string of the molecule is CCCCSc1n[n+]2c(c(=O)[nH]1)-c1cc(Br)ccc1N[C@@H]2c1ccc(O)c(OCC)c1. The summed E-state index contributed by atoms with van der Waals surface area (Å²) >= 11 is 5.04. The Morgan fingerprint density at radius 1 is 1.26 bits per heavy atom. The number of aromatic amines is 1. The Hall–Kier alpha value is -2.52. The van der Waals surface area contributed by atoms with Gasteiger partial charge in [-0.2, -0.15) is 0 Å². The van der Waals surface area contributed by atoms with Gasteiger partial charge in [0.2, 0.25) is 5.16 Å². The topological polar surface area (TPSA) is 91.1 Å². The van der Waals surface area contributed by atoms with Gasteiger partial charge in [-0.1, -0.05) is 41.0 Å². The van der Waals surface area contributed by atoms with Gasteiger partial charge in [-0.15, -0.1) is 0 Å². The first kappa shape index (κ1) is 21.7. The van der Waals surface area contributed by atoms with Crippen molar-refractivity contribution in [1.82, 2.24) is 10.1 Å². The number of ether oxygens (including phenoxy) is 1. The number of phenolic OH excluding ortho intramolecular Hbond substituents is 1. The van der Waals surface area contributed by atoms with Crippen molar-refractivity contribution in [3.8, 4) is 22.8 Å². The molecule has 0 amide bonds. The minimum absolute atomic E-state index is 0.0747. The maximum absolute atomic E-state index is 13.2. The second-order valence-corrected chi connectivity index (χ2v) is 9.15. The molecule has 0 fully saturated rings. The Bertz CT molecular complexity index is 1170. The van der Waals surface area contributed by atoms with Crippen molar-refractivity contribution in [1.29, 1.82) is 0 Å². The van der Waals surface area contributed by atoms with Gasteiger partial charge in [-0.3, -0.25) is 9.78 Å². The van der Waals surface area contributed by atoms with Crippen LogP contribution in [0.15, 0.2) is 50.8 Å². The summed E-state index contributed by atoms with van der Waals surface area (Å²) in [6.07, 6.45) is 1.69. The molecule has 4 rings (SSSR count). The molecular weight excluding hydrogens is 480 g/mol. The first-order valence-electron chi connectivity index (χ1n) is 10.2. The van der Waals surface area contributed by atoms with Gasteiger partial charge in [0.1, 0.15) is 0 Å². The Kier molecular flexibility index (Phi) is 6.52. The average Bonchev–Trinajstić information content (AvgIpc) is 2.75. The quantitative estimate of drug-likeness (QED) is 0.250. The highest BCUT2D eigenvalue weighted by atomic mass is 79.9. The van der Waals surface area contributed by atoms with E-state index in [1.807, 2.05) is 31.2 Å². The molecule has 1 aromatic heterocycles. The number of aromatic nitrogens is 3. The Labute approximate surface area is 193 Å². The van der Waals surface area contributed by atoms with Gasteiger partial charge in [0.25, 0.3) is 6.17 Å². The van der Waals surface area contributed by atoms with E-state index in [-0.39, 0.29) is 11.3 Å². The number of hydrogen-bond acceptors (Lipinski definition) is 6. The number of hydrogen-bond donors (Lipinski definition) is 3. The van der Waals surface area contributed by atoms with Crippen LogP contribution in [0.25, 0.3) is 11.3 Å². The van der Waals surface area contributed by atoms with Crippen molar-refractivity contribution in [2.75, 3.05) is 17.7 Å². The highest BCUT2D eigenvalue weighted by Gasteiger charge is 2.38. The smallest absolute Gasteiger partial charge is 0.325 e. The lowest BCUT2D eigenvalue weighted by Gasteiger charge is -2.23. The van der Waals surface area contributed by atoms with E-state index in [0.717, 1.165) is 39.9 Å². The van der Waals surface area contributed by atoms with Gasteiger partial charge in [0.05, 0.1) is 17.9 Å². The second kappa shape index (κ2) is 9.32. The van der Waals surface area contributed by atoms with Gasteiger partial charge in [-0.25, -0.2) is 0 Å². The lowest BCUT2D eigenvalue weighted by molar-refractivity contribution is -0.759. The summed E-state index contributed by atoms with van der Waals surface area (Å²) in [7, 11) is 0. The van der Waals surface area contributed by atoms with Crippen molar-refractivity contribution in [3.63, 3.8) is 0 Å². The van der Waals surface area contributed by atoms with Crippen LogP contribution in [-0.4, -0.2) is 27.5 Å². The van der Waals surface area contributed by atoms with Gasteiger partial charge in [0, 0.05) is 20.9 Å². The fourth-order valence-electron chi connectivity index (χ4n) is 3.49. The summed E-state index contributed by atoms with van der Waals surface area (Å²) in [5.41, 5.74) is 2.71. The van der Waals surface area contributed by atoms with Crippen LogP contribution >= 0.6 is 27.7 Å². The summed E-state index contributed by atoms with van der Waals surface area (Å²) in [4.78, 5) is 16.1. The molecule has 31 heavy (non-hydrogen) atoms. The van der Waals surface area contributed by atoms with Crippen molar-refractivity contribution in [2.45, 2.75) is 38.0 Å². The minimum atomic E-state index is -0.434. The number of nitrogens with zero attached hydrogens (tertiary/aromatic N) is 2. The van der Waals surface area contributed by atoms with E-state index in [2.05, 4.69) is 33.2 Å². The Morgan fingerprint density at radius 3 is 2.87 bits per heavy atom. The van der Waals surface area contributed by atoms with Crippen molar-refractivity contribution >= 4 is 33.4 Å². The van der Waals surface area contributed by atoms with Crippen molar-refractivity contribution in [2.24, 2.45) is 0 Å². The van der Waals surface area contributed by atoms with E-state index in [1.165, 1.54) is 11.8 Å². The van der Waals surface area contributed by atoms with Crippen LogP contribution in [-0.2, 0) is 0 Å². The number of nitrogens with one attached hydrogen (secondary N) is 2. The molecule has 1 aliphatic rings. The molecule has 3 aromatic rings. The molecule has 0 saturated heterocycles. The van der Waals surface area contributed by atoms with E-state index in [4.69, 9.17) is 9.84 Å². The zero-order valence-electron chi connectivity index (χ0n) is 17.3. The fraction of sp³-hybridized carbons (Fsp3) is 0.318. The third kappa shape index (κ3) is 4.43. The average molecular weight is 504 g/mol. The number of halogens is 1. The van der Waals surface area contributed by atoms with E-state index < -0.39 is 6.17 Å². The summed E-state index contributed by atoms with van der Waals surface area (Å²) in [5, 5.41) is 19.0. The number of benzene rings is 2. The number of unbranched alkanes of at least 4 members (excludes halogenated alkanes) is 1. The minimum Gasteiger partial charge on any atom is -0.504 e. The lowest BCUT2D eigenvalue weighted by atomic mass is 10.0. The third-order valence-corrected chi connectivity index (χ3v) is 6.42. The van der Waals surface area contributed by atoms with Gasteiger partial charge < -0.3 is 15.2 Å². The monoisotopic (exact) mass is 503 g/mol. The number of aromatic hydroxyl groups is 1. The predicted octanol–water partition coefficient (Wildman–Crippen LogP) is 4.46. The molecule has 0 spiro atoms. The predicted molar refractivity (Wildman–Crippen MR) is 125 cm³/mol. The molecular formula is C22H24BrN4O3S+. The molecule has 1 aliphatic heterocycles. The molecule has 0 saturated carbocycles. The number of rotatable bonds is 7. The molecule has 0 unspecified atom stereocenters. The maximum Gasteiger partial charge on any atom is 0.325 e. The summed E-state index contributed by atoms with van der Waals surface area (Å²) in [6.45, 7) is 4.43. The number of fused-ring (bicyclic) bond motifs is 3. The van der Waals surface area contributed by atoms with Crippen molar-refractivity contribution in [3.05, 3.63) is 56.8 Å². The standard InChI is InChI=1S/C22H23BrN4O3S/c1-3-5-10-31-22-25-21(29)19-15-12-14(23)7-8-16(15)24-20(27(19)26-22)13-6-9-17(28)18(11-13)30-4-2/h6-9,11-12,20H,3-5,10H2,1-2H3,(H2,25,26,28,29)/p+1/t20-/m0/s1. The largest absolute Gasteiger partial charge is 0.504 e. The highest BCUT2D eigenvalue weighted by molar-refractivity contribution is 9.10. The molecule has 0 bridgehead atoms. The number of thioether (sulfide) groups is 1. The Morgan fingerprint density at radius 2 is 2.10 bits per heavy atom. The molecule has 0 aliphatic carbocycles. The van der Waals surface area contributed by atoms with E-state index in [0.29, 0.717) is 23.2 Å². The number of phenols is 1. The third-order valence-electron chi connectivity index (χ3n) is 4.97. The summed E-state index contributed by atoms with van der Waals surface area (Å²) in [6, 6.07) is 11.0. The van der Waals surface area contributed by atoms with E-state index >= 15 is 0 Å². The molecule has 0 radical (unpaired) electrons. The number of anilines is 1. The zero-order valence-corrected chi connectivity index (χ0v) is 19.7. The number of H-pyrrole nitrogens is 1. The molecule has 7 nitrogen and oxygen atoms in total. The van der Waals surface area contributed by atoms with Gasteiger partial charge >= 0.3 is 11.3 Å². The van der Waals surface area contributed by atoms with Crippen LogP contribution in [0.2, 0.25) is 0 Å². The van der Waals surface area contributed by atoms with E-state index in [9.17, 15) is 9.90 Å². The maximum atomic E-state index is 13.2. The van der Waals surface area contributed by atoms with Crippen LogP contribution < -0.4 is 20.3 Å². The normalized spacial score (nSPS) is 14.5. The summed E-state index contributed by atoms with van der Waals surface area (Å²) < 4.78 is 8.17. The summed E-state index contributed by atoms with van der Waals surface area (Å²) in [5.74, 6) is 1.35. The fourth-order valence-corrected chi connectivity index (χ4v) is 4.79. The first-order chi connectivity index (χ1) is 15.0. The van der Waals surface area contributed by atoms with Crippen LogP contribution in [0.5, 0.6) is 11.5 Å². The van der Waals surface area contributed by atoms with Crippen molar-refractivity contribution < 1.29 is 14.5 Å².